The van der Waals surface area contributed by atoms with Gasteiger partial charge in [-0.05, 0) is 51.9 Å². The minimum atomic E-state index is -0.800. The number of hydrogen-bond donors (Lipinski definition) is 1. The van der Waals surface area contributed by atoms with Crippen molar-refractivity contribution in [3.05, 3.63) is 12.2 Å². The molecule has 0 saturated heterocycles. The van der Waals surface area contributed by atoms with Crippen LogP contribution in [0.3, 0.4) is 0 Å². The minimum absolute atomic E-state index is 0.135. The van der Waals surface area contributed by atoms with Crippen molar-refractivity contribution in [2.75, 3.05) is 0 Å². The van der Waals surface area contributed by atoms with Gasteiger partial charge in [0.15, 0.2) is 0 Å². The highest BCUT2D eigenvalue weighted by Gasteiger charge is 2.09. The van der Waals surface area contributed by atoms with E-state index in [2.05, 4.69) is 19.1 Å². The minimum Gasteiger partial charge on any atom is -0.481 e. The Morgan fingerprint density at radius 1 is 0.815 bits per heavy atom. The first-order valence-corrected chi connectivity index (χ1v) is 11.1. The van der Waals surface area contributed by atoms with Crippen LogP contribution >= 0.6 is 0 Å². The van der Waals surface area contributed by atoms with Crippen LogP contribution < -0.4 is 0 Å². The molecular formula is C23H42O4. The molecule has 158 valence electrons. The first-order chi connectivity index (χ1) is 13.1. The smallest absolute Gasteiger partial charge is 0.306 e. The lowest BCUT2D eigenvalue weighted by Crippen LogP contribution is -2.15. The van der Waals surface area contributed by atoms with E-state index in [1.54, 1.807) is 0 Å². The zero-order valence-corrected chi connectivity index (χ0v) is 17.7. The maximum atomic E-state index is 11.7. The summed E-state index contributed by atoms with van der Waals surface area (Å²) in [6, 6.07) is 0. The van der Waals surface area contributed by atoms with Gasteiger partial charge in [-0.15, -0.1) is 0 Å². The summed E-state index contributed by atoms with van der Waals surface area (Å²) >= 11 is 0. The Kier molecular flexibility index (Phi) is 18.5. The molecule has 1 unspecified atom stereocenters. The molecule has 0 saturated carbocycles. The average molecular weight is 383 g/mol. The number of aliphatic carboxylic acids is 1. The fourth-order valence-electron chi connectivity index (χ4n) is 3.05. The second kappa shape index (κ2) is 19.4. The first-order valence-electron chi connectivity index (χ1n) is 11.1. The number of unbranched alkanes of at least 4 members (excludes halogenated alkanes) is 10. The van der Waals surface area contributed by atoms with E-state index in [4.69, 9.17) is 9.84 Å². The van der Waals surface area contributed by atoms with Crippen molar-refractivity contribution in [1.29, 1.82) is 0 Å². The van der Waals surface area contributed by atoms with E-state index in [-0.39, 0.29) is 18.5 Å². The predicted octanol–water partition coefficient (Wildman–Crippen LogP) is 6.82. The maximum absolute atomic E-state index is 11.7. The number of carboxylic acid groups (broad SMARTS) is 1. The van der Waals surface area contributed by atoms with Gasteiger partial charge in [0.1, 0.15) is 0 Å². The number of ether oxygens (including phenoxy) is 1. The Morgan fingerprint density at radius 2 is 1.37 bits per heavy atom. The van der Waals surface area contributed by atoms with Gasteiger partial charge in [0.25, 0.3) is 0 Å². The summed E-state index contributed by atoms with van der Waals surface area (Å²) < 4.78 is 5.30. The summed E-state index contributed by atoms with van der Waals surface area (Å²) in [5, 5.41) is 8.59. The van der Waals surface area contributed by atoms with Crippen molar-refractivity contribution >= 4 is 11.9 Å². The van der Waals surface area contributed by atoms with Crippen molar-refractivity contribution in [2.24, 2.45) is 0 Å². The molecule has 0 aromatic rings. The Labute approximate surface area is 166 Å². The topological polar surface area (TPSA) is 63.6 Å². The molecule has 0 aliphatic carbocycles. The highest BCUT2D eigenvalue weighted by atomic mass is 16.5. The number of allylic oxidation sites excluding steroid dienone is 2. The molecular weight excluding hydrogens is 340 g/mol. The molecule has 0 fully saturated rings. The van der Waals surface area contributed by atoms with Gasteiger partial charge in [0.2, 0.25) is 0 Å². The molecule has 27 heavy (non-hydrogen) atoms. The molecule has 0 amide bonds. The van der Waals surface area contributed by atoms with E-state index in [9.17, 15) is 9.59 Å². The number of carbonyl (C=O) groups excluding carboxylic acids is 1. The van der Waals surface area contributed by atoms with Crippen molar-refractivity contribution in [2.45, 2.75) is 123 Å². The van der Waals surface area contributed by atoms with Gasteiger partial charge in [-0.2, -0.15) is 0 Å². The summed E-state index contributed by atoms with van der Waals surface area (Å²) in [5.74, 6) is -0.953. The molecule has 1 atom stereocenters. The molecule has 0 rings (SSSR count). The highest BCUT2D eigenvalue weighted by Crippen LogP contribution is 2.11. The van der Waals surface area contributed by atoms with E-state index in [0.717, 1.165) is 12.8 Å². The van der Waals surface area contributed by atoms with Gasteiger partial charge in [0, 0.05) is 12.8 Å². The van der Waals surface area contributed by atoms with Gasteiger partial charge in [-0.25, -0.2) is 0 Å². The molecule has 0 aromatic carbocycles. The van der Waals surface area contributed by atoms with E-state index < -0.39 is 5.97 Å². The second-order valence-corrected chi connectivity index (χ2v) is 7.57. The Hall–Kier alpha value is -1.32. The molecule has 0 aliphatic heterocycles. The van der Waals surface area contributed by atoms with Gasteiger partial charge in [-0.1, -0.05) is 64.0 Å². The third-order valence-corrected chi connectivity index (χ3v) is 4.73. The SMILES string of the molecule is CCCCCCC/C=C\CCCCCCCC(=O)OC(C)CCCC(=O)O. The maximum Gasteiger partial charge on any atom is 0.306 e. The fourth-order valence-corrected chi connectivity index (χ4v) is 3.05. The zero-order chi connectivity index (χ0) is 20.2. The van der Waals surface area contributed by atoms with E-state index >= 15 is 0 Å². The molecule has 4 heteroatoms. The number of carboxylic acids is 1. The van der Waals surface area contributed by atoms with Crippen molar-refractivity contribution in [3.8, 4) is 0 Å². The van der Waals surface area contributed by atoms with Crippen LogP contribution in [0.5, 0.6) is 0 Å². The quantitative estimate of drug-likeness (QED) is 0.151. The van der Waals surface area contributed by atoms with Gasteiger partial charge in [0.05, 0.1) is 6.10 Å². The Balaban J connectivity index is 3.35. The predicted molar refractivity (Wildman–Crippen MR) is 112 cm³/mol. The molecule has 0 aliphatic rings. The highest BCUT2D eigenvalue weighted by molar-refractivity contribution is 5.69. The van der Waals surface area contributed by atoms with Gasteiger partial charge < -0.3 is 9.84 Å². The molecule has 0 bridgehead atoms. The normalized spacial score (nSPS) is 12.4. The standard InChI is InChI=1S/C23H42O4/c1-3-4-5-6-7-8-9-10-11-12-13-14-15-16-20-23(26)27-21(2)18-17-19-22(24)25/h9-10,21H,3-8,11-20H2,1-2H3,(H,24,25)/b10-9-. The van der Waals surface area contributed by atoms with Gasteiger partial charge >= 0.3 is 11.9 Å². The lowest BCUT2D eigenvalue weighted by atomic mass is 10.1. The van der Waals surface area contributed by atoms with E-state index in [0.29, 0.717) is 19.3 Å². The number of hydrogen-bond acceptors (Lipinski definition) is 3. The van der Waals surface area contributed by atoms with Crippen LogP contribution in [-0.2, 0) is 14.3 Å². The molecule has 0 aromatic heterocycles. The molecule has 0 heterocycles. The summed E-state index contributed by atoms with van der Waals surface area (Å²) in [6.07, 6.45) is 21.0. The zero-order valence-electron chi connectivity index (χ0n) is 17.7. The summed E-state index contributed by atoms with van der Waals surface area (Å²) in [6.45, 7) is 4.08. The van der Waals surface area contributed by atoms with Crippen LogP contribution in [0.4, 0.5) is 0 Å². The van der Waals surface area contributed by atoms with Crippen LogP contribution in [0.15, 0.2) is 12.2 Å². The van der Waals surface area contributed by atoms with Crippen molar-refractivity contribution in [3.63, 3.8) is 0 Å². The van der Waals surface area contributed by atoms with Crippen LogP contribution in [0, 0.1) is 0 Å². The first kappa shape index (κ1) is 25.7. The van der Waals surface area contributed by atoms with Crippen LogP contribution in [0.1, 0.15) is 117 Å². The number of carbonyl (C=O) groups is 2. The summed E-state index contributed by atoms with van der Waals surface area (Å²) in [4.78, 5) is 22.2. The van der Waals surface area contributed by atoms with Crippen LogP contribution in [-0.4, -0.2) is 23.1 Å². The fraction of sp³-hybridized carbons (Fsp3) is 0.826. The Morgan fingerprint density at radius 3 is 1.96 bits per heavy atom. The number of esters is 1. The Bertz CT molecular complexity index is 390. The second-order valence-electron chi connectivity index (χ2n) is 7.57. The third kappa shape index (κ3) is 20.8. The van der Waals surface area contributed by atoms with E-state index in [1.165, 1.54) is 64.2 Å². The number of rotatable bonds is 19. The van der Waals surface area contributed by atoms with Gasteiger partial charge in [-0.3, -0.25) is 9.59 Å². The van der Waals surface area contributed by atoms with Crippen LogP contribution in [0.25, 0.3) is 0 Å². The average Bonchev–Trinajstić information content (AvgIpc) is 2.61. The third-order valence-electron chi connectivity index (χ3n) is 4.73. The molecule has 1 N–H and O–H groups in total. The van der Waals surface area contributed by atoms with Crippen molar-refractivity contribution < 1.29 is 19.4 Å². The lowest BCUT2D eigenvalue weighted by molar-refractivity contribution is -0.148. The largest absolute Gasteiger partial charge is 0.481 e. The van der Waals surface area contributed by atoms with Crippen LogP contribution in [0.2, 0.25) is 0 Å². The monoisotopic (exact) mass is 382 g/mol. The summed E-state index contributed by atoms with van der Waals surface area (Å²) in [7, 11) is 0. The molecule has 0 spiro atoms. The summed E-state index contributed by atoms with van der Waals surface area (Å²) in [5.41, 5.74) is 0. The van der Waals surface area contributed by atoms with E-state index in [1.807, 2.05) is 6.92 Å². The molecule has 0 radical (unpaired) electrons. The lowest BCUT2D eigenvalue weighted by Gasteiger charge is -2.12. The molecule has 4 nitrogen and oxygen atoms in total. The van der Waals surface area contributed by atoms with Crippen molar-refractivity contribution in [1.82, 2.24) is 0 Å².